The number of nitrogens with zero attached hydrogens (tertiary/aromatic N) is 3. The number of piperidine rings is 1. The van der Waals surface area contributed by atoms with Gasteiger partial charge >= 0.3 is 15.5 Å². The molecule has 1 unspecified atom stereocenters. The van der Waals surface area contributed by atoms with Gasteiger partial charge in [0.2, 0.25) is 0 Å². The van der Waals surface area contributed by atoms with Gasteiger partial charge in [0.05, 0.1) is 12.6 Å². The Balaban J connectivity index is 1.93. The molecule has 12 heteroatoms. The first-order chi connectivity index (χ1) is 13.1. The van der Waals surface area contributed by atoms with Crippen molar-refractivity contribution in [2.24, 2.45) is 4.99 Å². The summed E-state index contributed by atoms with van der Waals surface area (Å²) in [5, 5.41) is 16.3. The third kappa shape index (κ3) is 5.79. The highest BCUT2D eigenvalue weighted by molar-refractivity contribution is 7.90. The fraction of sp³-hybridized carbons (Fsp3) is 0.625. The van der Waals surface area contributed by atoms with E-state index in [1.165, 1.54) is 0 Å². The summed E-state index contributed by atoms with van der Waals surface area (Å²) in [6.07, 6.45) is 2.74. The van der Waals surface area contributed by atoms with Gasteiger partial charge in [-0.1, -0.05) is 0 Å². The second-order valence-corrected chi connectivity index (χ2v) is 8.21. The zero-order valence-corrected chi connectivity index (χ0v) is 16.2. The number of aliphatic imine (C=N–C) groups is 1. The normalized spacial score (nSPS) is 18.7. The van der Waals surface area contributed by atoms with Gasteiger partial charge in [0, 0.05) is 38.1 Å². The number of pyridine rings is 1. The van der Waals surface area contributed by atoms with Gasteiger partial charge < -0.3 is 15.7 Å². The van der Waals surface area contributed by atoms with Crippen molar-refractivity contribution in [1.29, 1.82) is 0 Å². The van der Waals surface area contributed by atoms with E-state index in [1.807, 2.05) is 6.92 Å². The fourth-order valence-electron chi connectivity index (χ4n) is 2.77. The van der Waals surface area contributed by atoms with Crippen molar-refractivity contribution in [2.45, 2.75) is 37.4 Å². The van der Waals surface area contributed by atoms with Crippen LogP contribution in [-0.2, 0) is 10.0 Å². The van der Waals surface area contributed by atoms with Crippen LogP contribution in [-0.4, -0.2) is 66.5 Å². The van der Waals surface area contributed by atoms with Crippen LogP contribution in [0.4, 0.5) is 13.2 Å². The number of rotatable bonds is 6. The molecule has 0 aromatic carbocycles. The van der Waals surface area contributed by atoms with Gasteiger partial charge in [-0.2, -0.15) is 17.5 Å². The minimum Gasteiger partial charge on any atom is -0.386 e. The monoisotopic (exact) mass is 423 g/mol. The van der Waals surface area contributed by atoms with Crippen molar-refractivity contribution < 1.29 is 26.7 Å². The number of alkyl halides is 3. The Morgan fingerprint density at radius 1 is 1.36 bits per heavy atom. The van der Waals surface area contributed by atoms with Gasteiger partial charge in [-0.15, -0.1) is 0 Å². The fourth-order valence-corrected chi connectivity index (χ4v) is 3.75. The lowest BCUT2D eigenvalue weighted by molar-refractivity contribution is -0.0494. The van der Waals surface area contributed by atoms with Crippen molar-refractivity contribution in [3.63, 3.8) is 0 Å². The van der Waals surface area contributed by atoms with Crippen LogP contribution in [0, 0.1) is 0 Å². The van der Waals surface area contributed by atoms with E-state index in [9.17, 15) is 26.7 Å². The van der Waals surface area contributed by atoms with Gasteiger partial charge in [0.25, 0.3) is 0 Å². The van der Waals surface area contributed by atoms with Gasteiger partial charge in [-0.25, -0.2) is 8.42 Å². The summed E-state index contributed by atoms with van der Waals surface area (Å²) < 4.78 is 61.3. The molecule has 1 atom stereocenters. The second-order valence-electron chi connectivity index (χ2n) is 6.28. The summed E-state index contributed by atoms with van der Waals surface area (Å²) in [4.78, 5) is 8.18. The minimum absolute atomic E-state index is 0.0840. The molecule has 2 heterocycles. The molecule has 8 nitrogen and oxygen atoms in total. The van der Waals surface area contributed by atoms with Gasteiger partial charge in [-0.3, -0.25) is 9.98 Å². The van der Waals surface area contributed by atoms with E-state index in [1.54, 1.807) is 24.5 Å². The van der Waals surface area contributed by atoms with Crippen LogP contribution in [0.25, 0.3) is 0 Å². The second kappa shape index (κ2) is 9.52. The number of aliphatic hydroxyl groups excluding tert-OH is 1. The summed E-state index contributed by atoms with van der Waals surface area (Å²) >= 11 is 0. The quantitative estimate of drug-likeness (QED) is 0.465. The first-order valence-corrected chi connectivity index (χ1v) is 10.3. The molecule has 1 aliphatic heterocycles. The largest absolute Gasteiger partial charge is 0.511 e. The predicted octanol–water partition coefficient (Wildman–Crippen LogP) is 0.984. The average molecular weight is 423 g/mol. The molecule has 1 aromatic heterocycles. The van der Waals surface area contributed by atoms with E-state index in [0.717, 1.165) is 0 Å². The Bertz CT molecular complexity index is 751. The van der Waals surface area contributed by atoms with Crippen LogP contribution in [0.1, 0.15) is 31.4 Å². The molecule has 1 saturated heterocycles. The van der Waals surface area contributed by atoms with Crippen molar-refractivity contribution in [1.82, 2.24) is 19.9 Å². The molecular formula is C16H24F3N5O3S. The Hall–Kier alpha value is -1.92. The summed E-state index contributed by atoms with van der Waals surface area (Å²) in [7, 11) is -5.29. The van der Waals surface area contributed by atoms with Crippen molar-refractivity contribution in [3.8, 4) is 0 Å². The highest BCUT2D eigenvalue weighted by atomic mass is 32.2. The smallest absolute Gasteiger partial charge is 0.386 e. The van der Waals surface area contributed by atoms with Crippen LogP contribution < -0.4 is 10.6 Å². The van der Waals surface area contributed by atoms with Crippen LogP contribution in [0.5, 0.6) is 0 Å². The molecule has 158 valence electrons. The number of aliphatic hydroxyl groups is 1. The Kier molecular flexibility index (Phi) is 7.61. The first-order valence-electron chi connectivity index (χ1n) is 8.84. The third-order valence-electron chi connectivity index (χ3n) is 4.28. The van der Waals surface area contributed by atoms with E-state index >= 15 is 0 Å². The Morgan fingerprint density at radius 2 is 1.96 bits per heavy atom. The number of nitrogens with one attached hydrogen (secondary N) is 2. The molecule has 0 aliphatic carbocycles. The van der Waals surface area contributed by atoms with E-state index < -0.39 is 21.6 Å². The summed E-state index contributed by atoms with van der Waals surface area (Å²) in [5.41, 5.74) is -4.62. The van der Waals surface area contributed by atoms with Crippen LogP contribution >= 0.6 is 0 Å². The maximum absolute atomic E-state index is 12.6. The standard InChI is InChI=1S/C16H24F3N5O3S/c1-2-21-15(22-11-14(25)12-3-7-20-8-4-12)23-13-5-9-24(10-6-13)28(26,27)16(17,18)19/h3-4,7-8,13-14,25H,2,5-6,9-11H2,1H3,(H2,21,22,23). The lowest BCUT2D eigenvalue weighted by Gasteiger charge is -2.32. The number of hydrogen-bond acceptors (Lipinski definition) is 5. The number of halogens is 3. The third-order valence-corrected chi connectivity index (χ3v) is 5.91. The Labute approximate surface area is 161 Å². The predicted molar refractivity (Wildman–Crippen MR) is 97.9 cm³/mol. The highest BCUT2D eigenvalue weighted by Gasteiger charge is 2.50. The van der Waals surface area contributed by atoms with Crippen LogP contribution in [0.3, 0.4) is 0 Å². The average Bonchev–Trinajstić information content (AvgIpc) is 2.66. The Morgan fingerprint density at radius 3 is 2.50 bits per heavy atom. The molecule has 0 bridgehead atoms. The number of sulfonamides is 1. The van der Waals surface area contributed by atoms with Gasteiger partial charge in [0.15, 0.2) is 5.96 Å². The molecule has 0 saturated carbocycles. The summed E-state index contributed by atoms with van der Waals surface area (Å²) in [5.74, 6) is 0.410. The van der Waals surface area contributed by atoms with Gasteiger partial charge in [-0.05, 0) is 37.5 Å². The van der Waals surface area contributed by atoms with Crippen molar-refractivity contribution in [2.75, 3.05) is 26.2 Å². The topological polar surface area (TPSA) is 107 Å². The molecule has 3 N–H and O–H groups in total. The van der Waals surface area contributed by atoms with E-state index in [4.69, 9.17) is 0 Å². The maximum atomic E-state index is 12.6. The number of guanidine groups is 1. The van der Waals surface area contributed by atoms with Crippen molar-refractivity contribution in [3.05, 3.63) is 30.1 Å². The van der Waals surface area contributed by atoms with Crippen LogP contribution in [0.15, 0.2) is 29.5 Å². The highest BCUT2D eigenvalue weighted by Crippen LogP contribution is 2.28. The lowest BCUT2D eigenvalue weighted by Crippen LogP contribution is -2.51. The number of aromatic nitrogens is 1. The zero-order valence-electron chi connectivity index (χ0n) is 15.4. The lowest BCUT2D eigenvalue weighted by atomic mass is 10.1. The first kappa shape index (κ1) is 22.4. The maximum Gasteiger partial charge on any atom is 0.511 e. The summed E-state index contributed by atoms with van der Waals surface area (Å²) in [6.45, 7) is 2.05. The van der Waals surface area contributed by atoms with Gasteiger partial charge in [0.1, 0.15) is 0 Å². The van der Waals surface area contributed by atoms with E-state index in [-0.39, 0.29) is 38.5 Å². The zero-order chi connectivity index (χ0) is 20.8. The van der Waals surface area contributed by atoms with E-state index in [2.05, 4.69) is 20.6 Å². The molecule has 0 amide bonds. The molecule has 1 aliphatic rings. The number of hydrogen-bond donors (Lipinski definition) is 3. The molecule has 0 radical (unpaired) electrons. The van der Waals surface area contributed by atoms with E-state index in [0.29, 0.717) is 22.4 Å². The molecule has 2 rings (SSSR count). The molecule has 1 aromatic rings. The molecule has 28 heavy (non-hydrogen) atoms. The van der Waals surface area contributed by atoms with Crippen LogP contribution in [0.2, 0.25) is 0 Å². The summed E-state index contributed by atoms with van der Waals surface area (Å²) in [6, 6.07) is 3.13. The molecular weight excluding hydrogens is 399 g/mol. The molecule has 0 spiro atoms. The SMILES string of the molecule is CCNC(=NCC(O)c1ccncc1)NC1CCN(S(=O)(=O)C(F)(F)F)CC1. The molecule has 1 fully saturated rings. The minimum atomic E-state index is -5.29. The van der Waals surface area contributed by atoms with Crippen molar-refractivity contribution >= 4 is 16.0 Å².